The van der Waals surface area contributed by atoms with Crippen LogP contribution in [0.2, 0.25) is 0 Å². The van der Waals surface area contributed by atoms with E-state index in [1.807, 2.05) is 0 Å². The molecule has 3 nitrogen and oxygen atoms in total. The van der Waals surface area contributed by atoms with E-state index in [1.54, 1.807) is 19.1 Å². The Morgan fingerprint density at radius 1 is 1.19 bits per heavy atom. The van der Waals surface area contributed by atoms with Gasteiger partial charge < -0.3 is 11.1 Å². The van der Waals surface area contributed by atoms with Crippen molar-refractivity contribution in [1.29, 1.82) is 0 Å². The first-order valence-electron chi connectivity index (χ1n) is 6.19. The summed E-state index contributed by atoms with van der Waals surface area (Å²) in [4.78, 5) is 12.4. The van der Waals surface area contributed by atoms with Gasteiger partial charge in [-0.15, -0.1) is 11.8 Å². The lowest BCUT2D eigenvalue weighted by atomic mass is 10.2. The Hall–Kier alpha value is -2.08. The van der Waals surface area contributed by atoms with Gasteiger partial charge in [0.2, 0.25) is 5.91 Å². The first kappa shape index (κ1) is 15.3. The van der Waals surface area contributed by atoms with Crippen LogP contribution in [-0.2, 0) is 4.79 Å². The molecule has 1 amide bonds. The zero-order valence-electron chi connectivity index (χ0n) is 11.3. The highest BCUT2D eigenvalue weighted by Crippen LogP contribution is 2.23. The molecule has 0 saturated carbocycles. The van der Waals surface area contributed by atoms with E-state index in [2.05, 4.69) is 5.32 Å². The highest BCUT2D eigenvalue weighted by atomic mass is 32.2. The third-order valence-corrected chi connectivity index (χ3v) is 3.71. The molecule has 0 aliphatic heterocycles. The first-order valence-corrected chi connectivity index (χ1v) is 7.17. The number of hydrogen-bond acceptors (Lipinski definition) is 3. The van der Waals surface area contributed by atoms with E-state index < -0.39 is 11.6 Å². The van der Waals surface area contributed by atoms with Crippen LogP contribution in [0.15, 0.2) is 41.3 Å². The molecule has 6 heteroatoms. The maximum absolute atomic E-state index is 13.2. The fourth-order valence-corrected chi connectivity index (χ4v) is 2.52. The van der Waals surface area contributed by atoms with Gasteiger partial charge in [0, 0.05) is 16.3 Å². The predicted octanol–water partition coefficient (Wildman–Crippen LogP) is 3.59. The van der Waals surface area contributed by atoms with Crippen molar-refractivity contribution < 1.29 is 13.6 Å². The van der Waals surface area contributed by atoms with Crippen LogP contribution in [0.3, 0.4) is 0 Å². The molecule has 2 aromatic rings. The van der Waals surface area contributed by atoms with Crippen molar-refractivity contribution in [3.8, 4) is 0 Å². The normalized spacial score (nSPS) is 10.4. The molecule has 3 N–H and O–H groups in total. The topological polar surface area (TPSA) is 55.1 Å². The summed E-state index contributed by atoms with van der Waals surface area (Å²) in [5.41, 5.74) is 7.03. The van der Waals surface area contributed by atoms with Gasteiger partial charge in [-0.1, -0.05) is 6.07 Å². The Bertz CT molecular complexity index is 656. The smallest absolute Gasteiger partial charge is 0.234 e. The average molecular weight is 308 g/mol. The molecule has 0 aromatic heterocycles. The first-order chi connectivity index (χ1) is 9.94. The molecule has 0 bridgehead atoms. The minimum atomic E-state index is -0.445. The summed E-state index contributed by atoms with van der Waals surface area (Å²) < 4.78 is 26.3. The molecule has 0 aliphatic rings. The minimum Gasteiger partial charge on any atom is -0.399 e. The largest absolute Gasteiger partial charge is 0.399 e. The van der Waals surface area contributed by atoms with Gasteiger partial charge in [0.25, 0.3) is 0 Å². The molecule has 110 valence electrons. The Kier molecular flexibility index (Phi) is 4.80. The number of nitrogen functional groups attached to an aromatic ring is 1. The SMILES string of the molecule is Cc1ccc(F)cc1NC(=O)CSc1cc(N)cc(F)c1. The van der Waals surface area contributed by atoms with Crippen LogP contribution in [-0.4, -0.2) is 11.7 Å². The zero-order valence-corrected chi connectivity index (χ0v) is 12.1. The summed E-state index contributed by atoms with van der Waals surface area (Å²) >= 11 is 1.16. The molecule has 21 heavy (non-hydrogen) atoms. The summed E-state index contributed by atoms with van der Waals surface area (Å²) in [6.07, 6.45) is 0. The molecule has 0 aliphatic carbocycles. The number of rotatable bonds is 4. The number of aryl methyl sites for hydroxylation is 1. The van der Waals surface area contributed by atoms with Crippen LogP contribution in [0.4, 0.5) is 20.2 Å². The molecule has 0 radical (unpaired) electrons. The molecule has 0 atom stereocenters. The van der Waals surface area contributed by atoms with Crippen molar-refractivity contribution in [2.75, 3.05) is 16.8 Å². The van der Waals surface area contributed by atoms with Crippen LogP contribution >= 0.6 is 11.8 Å². The summed E-state index contributed by atoms with van der Waals surface area (Å²) in [7, 11) is 0. The molecule has 0 unspecified atom stereocenters. The summed E-state index contributed by atoms with van der Waals surface area (Å²) in [6, 6.07) is 8.29. The van der Waals surface area contributed by atoms with E-state index in [9.17, 15) is 13.6 Å². The van der Waals surface area contributed by atoms with Crippen molar-refractivity contribution in [3.63, 3.8) is 0 Å². The van der Waals surface area contributed by atoms with E-state index in [4.69, 9.17) is 5.73 Å². The van der Waals surface area contributed by atoms with Gasteiger partial charge in [-0.25, -0.2) is 8.78 Å². The van der Waals surface area contributed by atoms with Gasteiger partial charge in [-0.05, 0) is 42.8 Å². The van der Waals surface area contributed by atoms with E-state index in [-0.39, 0.29) is 11.7 Å². The molecule has 2 aromatic carbocycles. The van der Waals surface area contributed by atoms with Crippen LogP contribution in [0.1, 0.15) is 5.56 Å². The van der Waals surface area contributed by atoms with Crippen LogP contribution in [0.5, 0.6) is 0 Å². The average Bonchev–Trinajstić information content (AvgIpc) is 2.40. The summed E-state index contributed by atoms with van der Waals surface area (Å²) in [5.74, 6) is -1.07. The number of hydrogen-bond donors (Lipinski definition) is 2. The molecular formula is C15H14F2N2OS. The monoisotopic (exact) mass is 308 g/mol. The molecular weight excluding hydrogens is 294 g/mol. The summed E-state index contributed by atoms with van der Waals surface area (Å²) in [5, 5.41) is 2.63. The number of nitrogens with two attached hydrogens (primary N) is 1. The lowest BCUT2D eigenvalue weighted by Gasteiger charge is -2.08. The number of thioether (sulfide) groups is 1. The standard InChI is InChI=1S/C15H14F2N2OS/c1-9-2-3-10(16)6-14(9)19-15(20)8-21-13-5-11(17)4-12(18)7-13/h2-7H,8,18H2,1H3,(H,19,20). The van der Waals surface area contributed by atoms with Crippen molar-refractivity contribution >= 4 is 29.0 Å². The summed E-state index contributed by atoms with van der Waals surface area (Å²) in [6.45, 7) is 1.77. The van der Waals surface area contributed by atoms with Gasteiger partial charge in [-0.2, -0.15) is 0 Å². The molecule has 0 fully saturated rings. The highest BCUT2D eigenvalue weighted by molar-refractivity contribution is 8.00. The number of amides is 1. The molecule has 0 saturated heterocycles. The number of carbonyl (C=O) groups excluding carboxylic acids is 1. The molecule has 0 heterocycles. The number of anilines is 2. The second-order valence-electron chi connectivity index (χ2n) is 4.52. The Balaban J connectivity index is 1.97. The fraction of sp³-hybridized carbons (Fsp3) is 0.133. The van der Waals surface area contributed by atoms with Crippen molar-refractivity contribution in [2.24, 2.45) is 0 Å². The van der Waals surface area contributed by atoms with Gasteiger partial charge in [-0.3, -0.25) is 4.79 Å². The number of benzene rings is 2. The van der Waals surface area contributed by atoms with Crippen molar-refractivity contribution in [1.82, 2.24) is 0 Å². The quantitative estimate of drug-likeness (QED) is 0.670. The highest BCUT2D eigenvalue weighted by Gasteiger charge is 2.08. The van der Waals surface area contributed by atoms with Gasteiger partial charge in [0.15, 0.2) is 0 Å². The number of nitrogens with one attached hydrogen (secondary N) is 1. The van der Waals surface area contributed by atoms with Crippen LogP contribution in [0.25, 0.3) is 0 Å². The van der Waals surface area contributed by atoms with Gasteiger partial charge in [0.05, 0.1) is 5.75 Å². The lowest BCUT2D eigenvalue weighted by Crippen LogP contribution is -2.15. The van der Waals surface area contributed by atoms with Crippen LogP contribution in [0, 0.1) is 18.6 Å². The van der Waals surface area contributed by atoms with E-state index in [1.165, 1.54) is 24.3 Å². The van der Waals surface area contributed by atoms with Gasteiger partial charge >= 0.3 is 0 Å². The van der Waals surface area contributed by atoms with E-state index in [0.717, 1.165) is 17.3 Å². The predicted molar refractivity (Wildman–Crippen MR) is 81.3 cm³/mol. The third kappa shape index (κ3) is 4.46. The third-order valence-electron chi connectivity index (χ3n) is 2.74. The van der Waals surface area contributed by atoms with Crippen molar-refractivity contribution in [3.05, 3.63) is 53.6 Å². The van der Waals surface area contributed by atoms with Crippen molar-refractivity contribution in [2.45, 2.75) is 11.8 Å². The molecule has 2 rings (SSSR count). The lowest BCUT2D eigenvalue weighted by molar-refractivity contribution is -0.113. The maximum atomic E-state index is 13.2. The molecule has 0 spiro atoms. The Morgan fingerprint density at radius 3 is 2.67 bits per heavy atom. The second-order valence-corrected chi connectivity index (χ2v) is 5.57. The van der Waals surface area contributed by atoms with Gasteiger partial charge in [0.1, 0.15) is 11.6 Å². The zero-order chi connectivity index (χ0) is 15.4. The Morgan fingerprint density at radius 2 is 1.95 bits per heavy atom. The minimum absolute atomic E-state index is 0.0822. The van der Waals surface area contributed by atoms with E-state index in [0.29, 0.717) is 16.3 Å². The van der Waals surface area contributed by atoms with Crippen LogP contribution < -0.4 is 11.1 Å². The fourth-order valence-electron chi connectivity index (χ4n) is 1.73. The van der Waals surface area contributed by atoms with E-state index >= 15 is 0 Å². The maximum Gasteiger partial charge on any atom is 0.234 e. The second kappa shape index (κ2) is 6.58. The Labute approximate surface area is 125 Å². The number of carbonyl (C=O) groups is 1. The number of halogens is 2.